The molecule has 0 unspecified atom stereocenters. The van der Waals surface area contributed by atoms with E-state index < -0.39 is 0 Å². The Bertz CT molecular complexity index is 511. The van der Waals surface area contributed by atoms with Gasteiger partial charge in [-0.3, -0.25) is 0 Å². The molecule has 2 rings (SSSR count). The van der Waals surface area contributed by atoms with Gasteiger partial charge in [-0.1, -0.05) is 52.3 Å². The molecule has 0 spiro atoms. The zero-order chi connectivity index (χ0) is 13.5. The maximum Gasteiger partial charge on any atom is 0.161 e. The van der Waals surface area contributed by atoms with Gasteiger partial charge in [-0.25, -0.2) is 0 Å². The number of rotatable bonds is 6. The zero-order valence-corrected chi connectivity index (χ0v) is 12.5. The number of ether oxygens (including phenoxy) is 2. The number of benzene rings is 2. The third kappa shape index (κ3) is 4.00. The van der Waals surface area contributed by atoms with E-state index in [1.54, 1.807) is 7.11 Å². The second-order valence-corrected chi connectivity index (χ2v) is 4.99. The van der Waals surface area contributed by atoms with Gasteiger partial charge < -0.3 is 9.47 Å². The summed E-state index contributed by atoms with van der Waals surface area (Å²) in [4.78, 5) is 0. The molecule has 0 N–H and O–H groups in total. The van der Waals surface area contributed by atoms with Gasteiger partial charge in [0.05, 0.1) is 7.11 Å². The first-order valence-corrected chi connectivity index (χ1v) is 7.35. The van der Waals surface area contributed by atoms with E-state index in [4.69, 9.17) is 9.47 Å². The Morgan fingerprint density at radius 2 is 1.74 bits per heavy atom. The monoisotopic (exact) mass is 320 g/mol. The number of alkyl halides is 1. The number of halogens is 1. The molecule has 0 aliphatic carbocycles. The number of methoxy groups -OCH3 is 1. The number of hydrogen-bond acceptors (Lipinski definition) is 2. The summed E-state index contributed by atoms with van der Waals surface area (Å²) in [6.07, 6.45) is 0.978. The molecule has 0 heterocycles. The third-order valence-corrected chi connectivity index (χ3v) is 3.24. The van der Waals surface area contributed by atoms with Gasteiger partial charge in [0.15, 0.2) is 11.5 Å². The van der Waals surface area contributed by atoms with Gasteiger partial charge in [0.1, 0.15) is 6.61 Å². The van der Waals surface area contributed by atoms with Crippen LogP contribution in [0.4, 0.5) is 0 Å². The molecule has 0 bridgehead atoms. The molecule has 3 heteroatoms. The highest BCUT2D eigenvalue weighted by Gasteiger charge is 2.06. The van der Waals surface area contributed by atoms with Gasteiger partial charge in [-0.05, 0) is 29.7 Å². The van der Waals surface area contributed by atoms with Crippen LogP contribution in [-0.2, 0) is 13.0 Å². The molecule has 0 atom stereocenters. The van der Waals surface area contributed by atoms with E-state index in [0.29, 0.717) is 6.61 Å². The quantitative estimate of drug-likeness (QED) is 0.742. The normalized spacial score (nSPS) is 10.2. The average molecular weight is 321 g/mol. The van der Waals surface area contributed by atoms with Crippen molar-refractivity contribution in [3.05, 3.63) is 59.7 Å². The van der Waals surface area contributed by atoms with Crippen LogP contribution in [-0.4, -0.2) is 12.4 Å². The van der Waals surface area contributed by atoms with Crippen molar-refractivity contribution in [2.75, 3.05) is 12.4 Å². The molecule has 0 aromatic heterocycles. The molecule has 2 aromatic carbocycles. The first kappa shape index (κ1) is 13.9. The highest BCUT2D eigenvalue weighted by molar-refractivity contribution is 9.09. The predicted molar refractivity (Wildman–Crippen MR) is 81.3 cm³/mol. The molecule has 2 nitrogen and oxygen atoms in total. The van der Waals surface area contributed by atoms with E-state index in [0.717, 1.165) is 28.8 Å². The molecule has 19 heavy (non-hydrogen) atoms. The van der Waals surface area contributed by atoms with Crippen molar-refractivity contribution < 1.29 is 9.47 Å². The Balaban J connectivity index is 2.11. The Labute approximate surface area is 122 Å². The maximum atomic E-state index is 5.86. The largest absolute Gasteiger partial charge is 0.493 e. The molecule has 0 saturated carbocycles. The summed E-state index contributed by atoms with van der Waals surface area (Å²) in [5.74, 6) is 1.57. The molecule has 0 fully saturated rings. The minimum atomic E-state index is 0.551. The molecule has 0 aliphatic rings. The van der Waals surface area contributed by atoms with Crippen molar-refractivity contribution in [2.45, 2.75) is 13.0 Å². The predicted octanol–water partition coefficient (Wildman–Crippen LogP) is 4.21. The van der Waals surface area contributed by atoms with E-state index in [1.165, 1.54) is 5.56 Å². The molecule has 0 aliphatic heterocycles. The Morgan fingerprint density at radius 1 is 0.947 bits per heavy atom. The lowest BCUT2D eigenvalue weighted by Gasteiger charge is -2.12. The van der Waals surface area contributed by atoms with Gasteiger partial charge in [0.25, 0.3) is 0 Å². The fourth-order valence-corrected chi connectivity index (χ4v) is 2.29. The van der Waals surface area contributed by atoms with Crippen LogP contribution in [0.15, 0.2) is 48.5 Å². The molecule has 2 aromatic rings. The van der Waals surface area contributed by atoms with Gasteiger partial charge in [-0.2, -0.15) is 0 Å². The van der Waals surface area contributed by atoms with E-state index >= 15 is 0 Å². The van der Waals surface area contributed by atoms with Crippen LogP contribution in [0.5, 0.6) is 11.5 Å². The third-order valence-electron chi connectivity index (χ3n) is 2.85. The van der Waals surface area contributed by atoms with Crippen molar-refractivity contribution in [1.29, 1.82) is 0 Å². The Morgan fingerprint density at radius 3 is 2.42 bits per heavy atom. The molecular formula is C16H17BrO2. The van der Waals surface area contributed by atoms with Crippen LogP contribution in [0.25, 0.3) is 0 Å². The van der Waals surface area contributed by atoms with Crippen molar-refractivity contribution in [3.8, 4) is 11.5 Å². The van der Waals surface area contributed by atoms with E-state index in [1.807, 2.05) is 30.3 Å². The highest BCUT2D eigenvalue weighted by atomic mass is 79.9. The molecule has 100 valence electrons. The van der Waals surface area contributed by atoms with Crippen molar-refractivity contribution in [1.82, 2.24) is 0 Å². The summed E-state index contributed by atoms with van der Waals surface area (Å²) in [7, 11) is 1.66. The Kier molecular flexibility index (Phi) is 5.28. The minimum absolute atomic E-state index is 0.551. The van der Waals surface area contributed by atoms with Crippen molar-refractivity contribution >= 4 is 15.9 Å². The maximum absolute atomic E-state index is 5.86. The van der Waals surface area contributed by atoms with E-state index in [2.05, 4.69) is 34.1 Å². The van der Waals surface area contributed by atoms with Crippen molar-refractivity contribution in [2.24, 2.45) is 0 Å². The lowest BCUT2D eigenvalue weighted by atomic mass is 10.1. The lowest BCUT2D eigenvalue weighted by Crippen LogP contribution is -1.98. The van der Waals surface area contributed by atoms with Crippen LogP contribution in [0.1, 0.15) is 11.1 Å². The first-order chi connectivity index (χ1) is 9.33. The topological polar surface area (TPSA) is 18.5 Å². The van der Waals surface area contributed by atoms with Crippen LogP contribution in [0.2, 0.25) is 0 Å². The molecule has 0 saturated heterocycles. The zero-order valence-electron chi connectivity index (χ0n) is 10.9. The molecule has 0 amide bonds. The van der Waals surface area contributed by atoms with E-state index in [9.17, 15) is 0 Å². The number of hydrogen-bond donors (Lipinski definition) is 0. The average Bonchev–Trinajstić information content (AvgIpc) is 2.47. The second kappa shape index (κ2) is 7.19. The summed E-state index contributed by atoms with van der Waals surface area (Å²) in [5, 5.41) is 0.942. The summed E-state index contributed by atoms with van der Waals surface area (Å²) in [6, 6.07) is 16.2. The van der Waals surface area contributed by atoms with Crippen LogP contribution >= 0.6 is 15.9 Å². The van der Waals surface area contributed by atoms with Gasteiger partial charge >= 0.3 is 0 Å². The molecule has 0 radical (unpaired) electrons. The lowest BCUT2D eigenvalue weighted by molar-refractivity contribution is 0.284. The summed E-state index contributed by atoms with van der Waals surface area (Å²) in [6.45, 7) is 0.551. The van der Waals surface area contributed by atoms with Crippen molar-refractivity contribution in [3.63, 3.8) is 0 Å². The summed E-state index contributed by atoms with van der Waals surface area (Å²) < 4.78 is 11.2. The van der Waals surface area contributed by atoms with Crippen LogP contribution in [0, 0.1) is 0 Å². The standard InChI is InChI=1S/C16H17BrO2/c1-18-15-8-7-13(9-10-17)11-16(15)19-12-14-5-3-2-4-6-14/h2-8,11H,9-10,12H2,1H3. The van der Waals surface area contributed by atoms with Gasteiger partial charge in [0.2, 0.25) is 0 Å². The van der Waals surface area contributed by atoms with Gasteiger partial charge in [-0.15, -0.1) is 0 Å². The fraction of sp³-hybridized carbons (Fsp3) is 0.250. The fourth-order valence-electron chi connectivity index (χ4n) is 1.83. The highest BCUT2D eigenvalue weighted by Crippen LogP contribution is 2.29. The summed E-state index contributed by atoms with van der Waals surface area (Å²) in [5.41, 5.74) is 2.39. The molecular weight excluding hydrogens is 304 g/mol. The summed E-state index contributed by atoms with van der Waals surface area (Å²) >= 11 is 3.45. The number of aryl methyl sites for hydroxylation is 1. The second-order valence-electron chi connectivity index (χ2n) is 4.20. The Hall–Kier alpha value is -1.48. The minimum Gasteiger partial charge on any atom is -0.493 e. The van der Waals surface area contributed by atoms with E-state index in [-0.39, 0.29) is 0 Å². The van der Waals surface area contributed by atoms with Crippen LogP contribution < -0.4 is 9.47 Å². The SMILES string of the molecule is COc1ccc(CCBr)cc1OCc1ccccc1. The first-order valence-electron chi connectivity index (χ1n) is 6.23. The smallest absolute Gasteiger partial charge is 0.161 e. The van der Waals surface area contributed by atoms with Gasteiger partial charge in [0, 0.05) is 5.33 Å². The van der Waals surface area contributed by atoms with Crippen LogP contribution in [0.3, 0.4) is 0 Å².